The van der Waals surface area contributed by atoms with E-state index in [2.05, 4.69) is 4.72 Å². The third kappa shape index (κ3) is 4.97. The second-order valence-electron chi connectivity index (χ2n) is 4.89. The van der Waals surface area contributed by atoms with Gasteiger partial charge in [0.1, 0.15) is 5.82 Å². The fourth-order valence-electron chi connectivity index (χ4n) is 1.90. The number of nitro groups is 1. The van der Waals surface area contributed by atoms with Gasteiger partial charge in [-0.25, -0.2) is 17.5 Å². The van der Waals surface area contributed by atoms with E-state index in [4.69, 9.17) is 0 Å². The Kier molecular flexibility index (Phi) is 5.78. The summed E-state index contributed by atoms with van der Waals surface area (Å²) in [4.78, 5) is 9.93. The van der Waals surface area contributed by atoms with E-state index in [1.165, 1.54) is 24.3 Å². The predicted octanol–water partition coefficient (Wildman–Crippen LogP) is 3.12. The molecule has 0 unspecified atom stereocenters. The Morgan fingerprint density at radius 1 is 1.08 bits per heavy atom. The first-order valence-corrected chi connectivity index (χ1v) is 8.53. The summed E-state index contributed by atoms with van der Waals surface area (Å²) in [5, 5.41) is 10.6. The number of halogens is 1. The highest BCUT2D eigenvalue weighted by atomic mass is 32.2. The zero-order valence-electron chi connectivity index (χ0n) is 12.6. The fourth-order valence-corrected chi connectivity index (χ4v) is 2.95. The largest absolute Gasteiger partial charge is 0.269 e. The highest BCUT2D eigenvalue weighted by molar-refractivity contribution is 7.89. The molecular weight excluding hydrogens is 335 g/mol. The van der Waals surface area contributed by atoms with Gasteiger partial charge >= 0.3 is 0 Å². The van der Waals surface area contributed by atoms with E-state index < -0.39 is 14.9 Å². The molecule has 2 aromatic carbocycles. The smallest absolute Gasteiger partial charge is 0.258 e. The van der Waals surface area contributed by atoms with Crippen LogP contribution in [-0.4, -0.2) is 19.9 Å². The molecule has 1 N–H and O–H groups in total. The highest BCUT2D eigenvalue weighted by Gasteiger charge is 2.14. The van der Waals surface area contributed by atoms with Crippen LogP contribution in [0, 0.1) is 15.9 Å². The van der Waals surface area contributed by atoms with Crippen LogP contribution in [0.5, 0.6) is 0 Å². The van der Waals surface area contributed by atoms with Crippen LogP contribution in [0.3, 0.4) is 0 Å². The molecule has 126 valence electrons. The second kappa shape index (κ2) is 7.80. The first-order chi connectivity index (χ1) is 11.4. The lowest BCUT2D eigenvalue weighted by molar-refractivity contribution is -0.384. The van der Waals surface area contributed by atoms with Crippen LogP contribution in [0.1, 0.15) is 12.0 Å². The van der Waals surface area contributed by atoms with Gasteiger partial charge in [0.15, 0.2) is 0 Å². The summed E-state index contributed by atoms with van der Waals surface area (Å²) in [5.74, 6) is -0.317. The van der Waals surface area contributed by atoms with Crippen LogP contribution in [0.4, 0.5) is 10.1 Å². The lowest BCUT2D eigenvalue weighted by atomic mass is 10.2. The minimum atomic E-state index is -3.71. The van der Waals surface area contributed by atoms with Gasteiger partial charge in [0.2, 0.25) is 10.0 Å². The number of rotatable bonds is 7. The van der Waals surface area contributed by atoms with Gasteiger partial charge in [-0.05, 0) is 36.2 Å². The monoisotopic (exact) mass is 350 g/mol. The molecule has 0 aliphatic rings. The lowest BCUT2D eigenvalue weighted by Gasteiger charge is -2.05. The maximum absolute atomic E-state index is 12.8. The molecule has 0 heterocycles. The van der Waals surface area contributed by atoms with Crippen molar-refractivity contribution in [2.45, 2.75) is 11.3 Å². The van der Waals surface area contributed by atoms with Crippen molar-refractivity contribution in [2.24, 2.45) is 0 Å². The minimum absolute atomic E-state index is 0.0318. The molecule has 0 aromatic heterocycles. The van der Waals surface area contributed by atoms with Gasteiger partial charge in [0.05, 0.1) is 9.82 Å². The van der Waals surface area contributed by atoms with Crippen LogP contribution < -0.4 is 4.72 Å². The summed E-state index contributed by atoms with van der Waals surface area (Å²) in [6.07, 6.45) is 3.98. The summed E-state index contributed by atoms with van der Waals surface area (Å²) >= 11 is 0. The van der Waals surface area contributed by atoms with Crippen molar-refractivity contribution in [3.63, 3.8) is 0 Å². The average molecular weight is 350 g/mol. The van der Waals surface area contributed by atoms with E-state index in [-0.39, 0.29) is 22.9 Å². The van der Waals surface area contributed by atoms with Gasteiger partial charge in [-0.15, -0.1) is 0 Å². The first-order valence-electron chi connectivity index (χ1n) is 7.05. The first kappa shape index (κ1) is 17.8. The number of nitro benzene ring substituents is 1. The van der Waals surface area contributed by atoms with E-state index in [0.717, 1.165) is 17.7 Å². The van der Waals surface area contributed by atoms with Crippen LogP contribution in [0.15, 0.2) is 59.5 Å². The third-order valence-corrected chi connectivity index (χ3v) is 4.62. The molecule has 24 heavy (non-hydrogen) atoms. The number of nitrogens with zero attached hydrogens (tertiary/aromatic N) is 1. The normalized spacial score (nSPS) is 11.7. The summed E-state index contributed by atoms with van der Waals surface area (Å²) in [6.45, 7) is 0.178. The molecule has 0 radical (unpaired) electrons. The molecule has 0 spiro atoms. The number of nitrogens with one attached hydrogen (secondary N) is 1. The van der Waals surface area contributed by atoms with Crippen molar-refractivity contribution in [2.75, 3.05) is 6.54 Å². The van der Waals surface area contributed by atoms with Gasteiger partial charge in [0.25, 0.3) is 5.69 Å². The molecular formula is C16H15FN2O4S. The maximum atomic E-state index is 12.8. The molecule has 0 amide bonds. The number of benzene rings is 2. The molecule has 0 bridgehead atoms. The van der Waals surface area contributed by atoms with Crippen LogP contribution in [0.25, 0.3) is 6.08 Å². The van der Waals surface area contributed by atoms with E-state index in [0.29, 0.717) is 6.42 Å². The molecule has 6 nitrogen and oxygen atoms in total. The van der Waals surface area contributed by atoms with Crippen molar-refractivity contribution in [1.82, 2.24) is 4.72 Å². The van der Waals surface area contributed by atoms with E-state index in [1.807, 2.05) is 0 Å². The van der Waals surface area contributed by atoms with E-state index in [1.54, 1.807) is 24.3 Å². The maximum Gasteiger partial charge on any atom is 0.269 e. The number of non-ortho nitro benzene ring substituents is 1. The molecule has 8 heteroatoms. The molecule has 2 aromatic rings. The van der Waals surface area contributed by atoms with Crippen LogP contribution in [0.2, 0.25) is 0 Å². The zero-order valence-corrected chi connectivity index (χ0v) is 13.4. The Balaban J connectivity index is 1.88. The summed E-state index contributed by atoms with van der Waals surface area (Å²) in [5.41, 5.74) is 0.644. The Morgan fingerprint density at radius 3 is 2.29 bits per heavy atom. The van der Waals surface area contributed by atoms with E-state index in [9.17, 15) is 22.9 Å². The van der Waals surface area contributed by atoms with Crippen molar-refractivity contribution in [3.05, 3.63) is 76.1 Å². The summed E-state index contributed by atoms with van der Waals surface area (Å²) in [7, 11) is -3.71. The van der Waals surface area contributed by atoms with Crippen LogP contribution in [-0.2, 0) is 10.0 Å². The van der Waals surface area contributed by atoms with Crippen molar-refractivity contribution in [3.8, 4) is 0 Å². The number of sulfonamides is 1. The predicted molar refractivity (Wildman–Crippen MR) is 88.3 cm³/mol. The third-order valence-electron chi connectivity index (χ3n) is 3.14. The Hall–Kier alpha value is -2.58. The number of hydrogen-bond acceptors (Lipinski definition) is 4. The van der Waals surface area contributed by atoms with Gasteiger partial charge in [0, 0.05) is 18.7 Å². The molecule has 0 saturated carbocycles. The molecule has 2 rings (SSSR count). The average Bonchev–Trinajstić information content (AvgIpc) is 2.56. The van der Waals surface area contributed by atoms with Gasteiger partial charge in [-0.3, -0.25) is 10.1 Å². The second-order valence-corrected chi connectivity index (χ2v) is 6.66. The molecule has 0 atom stereocenters. The molecule has 0 aliphatic heterocycles. The van der Waals surface area contributed by atoms with E-state index >= 15 is 0 Å². The van der Waals surface area contributed by atoms with Crippen molar-refractivity contribution >= 4 is 21.8 Å². The summed E-state index contributed by atoms with van der Waals surface area (Å²) < 4.78 is 39.2. The quantitative estimate of drug-likeness (QED) is 0.472. The van der Waals surface area contributed by atoms with Crippen molar-refractivity contribution < 1.29 is 17.7 Å². The topological polar surface area (TPSA) is 89.3 Å². The van der Waals surface area contributed by atoms with Crippen molar-refractivity contribution in [1.29, 1.82) is 0 Å². The lowest BCUT2D eigenvalue weighted by Crippen LogP contribution is -2.24. The molecule has 0 aliphatic carbocycles. The Morgan fingerprint density at radius 2 is 1.71 bits per heavy atom. The van der Waals surface area contributed by atoms with Gasteiger partial charge in [-0.1, -0.05) is 24.3 Å². The molecule has 0 fully saturated rings. The Labute approximate surface area is 138 Å². The number of hydrogen-bond donors (Lipinski definition) is 1. The summed E-state index contributed by atoms with van der Waals surface area (Å²) in [6, 6.07) is 10.6. The molecule has 0 saturated heterocycles. The van der Waals surface area contributed by atoms with Gasteiger partial charge in [-0.2, -0.15) is 0 Å². The van der Waals surface area contributed by atoms with Gasteiger partial charge < -0.3 is 0 Å². The zero-order chi connectivity index (χ0) is 17.6. The van der Waals surface area contributed by atoms with Crippen LogP contribution >= 0.6 is 0 Å². The highest BCUT2D eigenvalue weighted by Crippen LogP contribution is 2.15. The Bertz CT molecular complexity index is 831. The standard InChI is InChI=1S/C16H15FN2O4S/c17-14-6-4-13(5-7-14)3-1-2-12-18-24(22,23)16-10-8-15(9-11-16)19(20)21/h1,3-11,18H,2,12H2/b3-1+. The fraction of sp³-hybridized carbons (Fsp3) is 0.125. The minimum Gasteiger partial charge on any atom is -0.258 e. The SMILES string of the molecule is O=[N+]([O-])c1ccc(S(=O)(=O)NCC/C=C/c2ccc(F)cc2)cc1.